The van der Waals surface area contributed by atoms with Crippen LogP contribution in [0.1, 0.15) is 40.0 Å². The maximum Gasteiger partial charge on any atom is 0.133 e. The second-order valence-electron chi connectivity index (χ2n) is 3.61. The maximum atomic E-state index is 11.0. The molecule has 1 unspecified atom stereocenters. The summed E-state index contributed by atoms with van der Waals surface area (Å²) in [5, 5.41) is 0. The Morgan fingerprint density at radius 1 is 1.36 bits per heavy atom. The van der Waals surface area contributed by atoms with Gasteiger partial charge in [-0.3, -0.25) is 4.79 Å². The molecule has 0 saturated carbocycles. The third-order valence-corrected chi connectivity index (χ3v) is 2.72. The molecule has 1 heteroatoms. The van der Waals surface area contributed by atoms with Crippen LogP contribution in [-0.4, -0.2) is 5.78 Å². The summed E-state index contributed by atoms with van der Waals surface area (Å²) in [5.41, 5.74) is 2.92. The van der Waals surface area contributed by atoms with Crippen LogP contribution in [0.15, 0.2) is 11.1 Å². The number of carbonyl (C=O) groups excluding carboxylic acids is 1. The van der Waals surface area contributed by atoms with Crippen LogP contribution in [-0.2, 0) is 4.79 Å². The first-order valence-corrected chi connectivity index (χ1v) is 4.27. The van der Waals surface area contributed by atoms with Crippen molar-refractivity contribution in [1.82, 2.24) is 0 Å². The van der Waals surface area contributed by atoms with Gasteiger partial charge < -0.3 is 0 Å². The van der Waals surface area contributed by atoms with Gasteiger partial charge in [0.15, 0.2) is 0 Å². The van der Waals surface area contributed by atoms with Crippen molar-refractivity contribution in [3.63, 3.8) is 0 Å². The Kier molecular flexibility index (Phi) is 2.48. The van der Waals surface area contributed by atoms with Gasteiger partial charge in [-0.25, -0.2) is 0 Å². The minimum atomic E-state index is 0.318. The summed E-state index contributed by atoms with van der Waals surface area (Å²) in [6, 6.07) is 0. The lowest BCUT2D eigenvalue weighted by Gasteiger charge is -2.21. The topological polar surface area (TPSA) is 17.1 Å². The molecule has 0 bridgehead atoms. The predicted octanol–water partition coefficient (Wildman–Crippen LogP) is 2.71. The van der Waals surface area contributed by atoms with Gasteiger partial charge in [-0.05, 0) is 40.0 Å². The van der Waals surface area contributed by atoms with Crippen molar-refractivity contribution in [3.05, 3.63) is 11.1 Å². The van der Waals surface area contributed by atoms with Crippen LogP contribution in [0.4, 0.5) is 0 Å². The van der Waals surface area contributed by atoms with Gasteiger partial charge in [0.1, 0.15) is 5.78 Å². The standard InChI is InChI=1S/C10H16O/c1-7-4-5-10(9(3)11)6-8(7)2/h10H,4-6H2,1-3H3. The second-order valence-corrected chi connectivity index (χ2v) is 3.61. The van der Waals surface area contributed by atoms with Crippen LogP contribution in [0.5, 0.6) is 0 Å². The normalized spacial score (nSPS) is 25.5. The van der Waals surface area contributed by atoms with Gasteiger partial charge in [-0.15, -0.1) is 0 Å². The Balaban J connectivity index is 2.64. The molecule has 0 amide bonds. The van der Waals surface area contributed by atoms with Crippen molar-refractivity contribution in [1.29, 1.82) is 0 Å². The lowest BCUT2D eigenvalue weighted by molar-refractivity contribution is -0.121. The molecule has 0 spiro atoms. The first kappa shape index (κ1) is 8.51. The van der Waals surface area contributed by atoms with E-state index in [0.29, 0.717) is 11.7 Å². The average Bonchev–Trinajstić information content (AvgIpc) is 1.94. The molecule has 1 rings (SSSR count). The molecule has 0 radical (unpaired) electrons. The van der Waals surface area contributed by atoms with E-state index in [-0.39, 0.29) is 0 Å². The van der Waals surface area contributed by atoms with E-state index in [1.165, 1.54) is 11.1 Å². The van der Waals surface area contributed by atoms with Gasteiger partial charge in [-0.1, -0.05) is 11.1 Å². The van der Waals surface area contributed by atoms with E-state index in [2.05, 4.69) is 13.8 Å². The molecule has 0 heterocycles. The molecule has 1 atom stereocenters. The Morgan fingerprint density at radius 2 is 2.00 bits per heavy atom. The van der Waals surface area contributed by atoms with E-state index in [1.54, 1.807) is 6.92 Å². The number of carbonyl (C=O) groups is 1. The average molecular weight is 152 g/mol. The highest BCUT2D eigenvalue weighted by molar-refractivity contribution is 5.78. The zero-order valence-corrected chi connectivity index (χ0v) is 7.61. The third-order valence-electron chi connectivity index (χ3n) is 2.72. The number of rotatable bonds is 1. The van der Waals surface area contributed by atoms with Crippen molar-refractivity contribution in [2.75, 3.05) is 0 Å². The maximum absolute atomic E-state index is 11.0. The largest absolute Gasteiger partial charge is 0.300 e. The van der Waals surface area contributed by atoms with Gasteiger partial charge in [0.2, 0.25) is 0 Å². The van der Waals surface area contributed by atoms with E-state index < -0.39 is 0 Å². The third kappa shape index (κ3) is 1.92. The summed E-state index contributed by atoms with van der Waals surface area (Å²) in [6.07, 6.45) is 3.19. The van der Waals surface area contributed by atoms with Crippen molar-refractivity contribution in [2.45, 2.75) is 40.0 Å². The van der Waals surface area contributed by atoms with E-state index >= 15 is 0 Å². The first-order chi connectivity index (χ1) is 5.11. The molecule has 0 aliphatic heterocycles. The summed E-state index contributed by atoms with van der Waals surface area (Å²) in [6.45, 7) is 6.02. The van der Waals surface area contributed by atoms with Crippen molar-refractivity contribution >= 4 is 5.78 Å². The summed E-state index contributed by atoms with van der Waals surface area (Å²) in [7, 11) is 0. The van der Waals surface area contributed by atoms with Gasteiger partial charge in [0, 0.05) is 5.92 Å². The van der Waals surface area contributed by atoms with Crippen LogP contribution in [0, 0.1) is 5.92 Å². The van der Waals surface area contributed by atoms with Crippen molar-refractivity contribution < 1.29 is 4.79 Å². The minimum absolute atomic E-state index is 0.318. The Hall–Kier alpha value is -0.590. The van der Waals surface area contributed by atoms with E-state index in [4.69, 9.17) is 0 Å². The lowest BCUT2D eigenvalue weighted by atomic mass is 9.83. The number of hydrogen-bond donors (Lipinski definition) is 0. The van der Waals surface area contributed by atoms with E-state index in [9.17, 15) is 4.79 Å². The predicted molar refractivity (Wildman–Crippen MR) is 46.4 cm³/mol. The molecule has 0 aromatic carbocycles. The first-order valence-electron chi connectivity index (χ1n) is 4.27. The van der Waals surface area contributed by atoms with Crippen molar-refractivity contribution in [3.8, 4) is 0 Å². The number of hydrogen-bond acceptors (Lipinski definition) is 1. The highest BCUT2D eigenvalue weighted by Crippen LogP contribution is 2.28. The van der Waals surface area contributed by atoms with Crippen LogP contribution < -0.4 is 0 Å². The molecule has 62 valence electrons. The summed E-state index contributed by atoms with van der Waals surface area (Å²) < 4.78 is 0. The van der Waals surface area contributed by atoms with Gasteiger partial charge in [0.05, 0.1) is 0 Å². The molecule has 1 aliphatic carbocycles. The molecule has 0 aromatic heterocycles. The van der Waals surface area contributed by atoms with Gasteiger partial charge >= 0.3 is 0 Å². The summed E-state index contributed by atoms with van der Waals surface area (Å²) in [5.74, 6) is 0.676. The van der Waals surface area contributed by atoms with Crippen molar-refractivity contribution in [2.24, 2.45) is 5.92 Å². The van der Waals surface area contributed by atoms with E-state index in [0.717, 1.165) is 19.3 Å². The fraction of sp³-hybridized carbons (Fsp3) is 0.700. The SMILES string of the molecule is CC(=O)C1CCC(C)=C(C)C1. The summed E-state index contributed by atoms with van der Waals surface area (Å²) in [4.78, 5) is 11.0. The quantitative estimate of drug-likeness (QED) is 0.528. The molecule has 0 aromatic rings. The molecular formula is C10H16O. The van der Waals surface area contributed by atoms with Crippen LogP contribution >= 0.6 is 0 Å². The van der Waals surface area contributed by atoms with Crippen LogP contribution in [0.25, 0.3) is 0 Å². The lowest BCUT2D eigenvalue weighted by Crippen LogP contribution is -2.15. The molecule has 1 aliphatic rings. The monoisotopic (exact) mass is 152 g/mol. The number of ketones is 1. The Bertz CT molecular complexity index is 201. The zero-order valence-electron chi connectivity index (χ0n) is 7.61. The Labute approximate surface area is 68.5 Å². The second kappa shape index (κ2) is 3.21. The fourth-order valence-corrected chi connectivity index (χ4v) is 1.60. The highest BCUT2D eigenvalue weighted by atomic mass is 16.1. The zero-order chi connectivity index (χ0) is 8.43. The van der Waals surface area contributed by atoms with E-state index in [1.807, 2.05) is 0 Å². The van der Waals surface area contributed by atoms with Crippen LogP contribution in [0.2, 0.25) is 0 Å². The molecule has 0 saturated heterocycles. The van der Waals surface area contributed by atoms with Gasteiger partial charge in [-0.2, -0.15) is 0 Å². The number of Topliss-reactive ketones (excluding diaryl/α,β-unsaturated/α-hetero) is 1. The van der Waals surface area contributed by atoms with Gasteiger partial charge in [0.25, 0.3) is 0 Å². The fourth-order valence-electron chi connectivity index (χ4n) is 1.60. The molecule has 0 N–H and O–H groups in total. The molecular weight excluding hydrogens is 136 g/mol. The highest BCUT2D eigenvalue weighted by Gasteiger charge is 2.19. The molecule has 0 fully saturated rings. The van der Waals surface area contributed by atoms with Crippen LogP contribution in [0.3, 0.4) is 0 Å². The number of allylic oxidation sites excluding steroid dienone is 2. The Morgan fingerprint density at radius 3 is 2.45 bits per heavy atom. The minimum Gasteiger partial charge on any atom is -0.300 e. The summed E-state index contributed by atoms with van der Waals surface area (Å²) >= 11 is 0. The smallest absolute Gasteiger partial charge is 0.133 e. The molecule has 1 nitrogen and oxygen atoms in total. The molecule has 11 heavy (non-hydrogen) atoms.